The fourth-order valence-electron chi connectivity index (χ4n) is 2.70. The number of ether oxygens (including phenoxy) is 1. The lowest BCUT2D eigenvalue weighted by atomic mass is 10.2. The van der Waals surface area contributed by atoms with Crippen molar-refractivity contribution >= 4 is 29.0 Å². The van der Waals surface area contributed by atoms with Crippen molar-refractivity contribution in [2.24, 2.45) is 0 Å². The quantitative estimate of drug-likeness (QED) is 0.922. The van der Waals surface area contributed by atoms with E-state index in [4.69, 9.17) is 16.3 Å². The number of carbonyl (C=O) groups is 1. The Morgan fingerprint density at radius 3 is 2.21 bits per heavy atom. The van der Waals surface area contributed by atoms with Crippen LogP contribution in [0.3, 0.4) is 0 Å². The molecule has 24 heavy (non-hydrogen) atoms. The van der Waals surface area contributed by atoms with Gasteiger partial charge in [-0.1, -0.05) is 11.6 Å². The first-order valence-corrected chi connectivity index (χ1v) is 8.24. The second kappa shape index (κ2) is 7.45. The van der Waals surface area contributed by atoms with Gasteiger partial charge in [0, 0.05) is 42.6 Å². The molecular weight excluding hydrogens is 326 g/mol. The summed E-state index contributed by atoms with van der Waals surface area (Å²) in [6.45, 7) is 2.98. The Hall–Kier alpha value is -2.40. The molecule has 0 saturated carbocycles. The van der Waals surface area contributed by atoms with Crippen LogP contribution in [-0.2, 0) is 0 Å². The number of carbonyl (C=O) groups excluding carboxylic acids is 1. The summed E-state index contributed by atoms with van der Waals surface area (Å²) < 4.78 is 5.11. The maximum Gasteiger partial charge on any atom is 0.321 e. The highest BCUT2D eigenvalue weighted by Gasteiger charge is 2.21. The molecule has 0 spiro atoms. The molecule has 6 heteroatoms. The molecule has 1 fully saturated rings. The normalized spacial score (nSPS) is 14.4. The van der Waals surface area contributed by atoms with Crippen molar-refractivity contribution in [3.63, 3.8) is 0 Å². The monoisotopic (exact) mass is 345 g/mol. The lowest BCUT2D eigenvalue weighted by Gasteiger charge is -2.36. The number of hydrogen-bond donors (Lipinski definition) is 1. The smallest absolute Gasteiger partial charge is 0.321 e. The van der Waals surface area contributed by atoms with Crippen LogP contribution in [0.15, 0.2) is 48.5 Å². The number of halogens is 1. The van der Waals surface area contributed by atoms with Crippen molar-refractivity contribution in [2.45, 2.75) is 0 Å². The van der Waals surface area contributed by atoms with E-state index < -0.39 is 0 Å². The van der Waals surface area contributed by atoms with Gasteiger partial charge in [-0.15, -0.1) is 0 Å². The van der Waals surface area contributed by atoms with Gasteiger partial charge in [-0.05, 0) is 48.5 Å². The second-order valence-corrected chi connectivity index (χ2v) is 6.05. The Bertz CT molecular complexity index is 680. The summed E-state index contributed by atoms with van der Waals surface area (Å²) in [7, 11) is 1.62. The third kappa shape index (κ3) is 3.92. The van der Waals surface area contributed by atoms with Crippen LogP contribution in [0.25, 0.3) is 0 Å². The summed E-state index contributed by atoms with van der Waals surface area (Å²) >= 11 is 5.92. The summed E-state index contributed by atoms with van der Waals surface area (Å²) in [4.78, 5) is 16.4. The third-order valence-electron chi connectivity index (χ3n) is 4.10. The van der Waals surface area contributed by atoms with Gasteiger partial charge in [-0.25, -0.2) is 4.79 Å². The van der Waals surface area contributed by atoms with E-state index in [9.17, 15) is 4.79 Å². The molecule has 0 aliphatic carbocycles. The number of anilines is 2. The highest BCUT2D eigenvalue weighted by atomic mass is 35.5. The van der Waals surface area contributed by atoms with Crippen molar-refractivity contribution in [3.8, 4) is 5.75 Å². The van der Waals surface area contributed by atoms with E-state index in [0.29, 0.717) is 13.1 Å². The zero-order chi connectivity index (χ0) is 16.9. The Labute approximate surface area is 146 Å². The molecular formula is C18H20ClN3O2. The minimum Gasteiger partial charge on any atom is -0.497 e. The predicted octanol–water partition coefficient (Wildman–Crippen LogP) is 3.70. The molecule has 126 valence electrons. The van der Waals surface area contributed by atoms with Gasteiger partial charge in [-0.3, -0.25) is 0 Å². The SMILES string of the molecule is COc1ccc(NC(=O)N2CCN(c3ccc(Cl)cc3)CC2)cc1. The molecule has 0 bridgehead atoms. The fourth-order valence-corrected chi connectivity index (χ4v) is 2.82. The standard InChI is InChI=1S/C18H20ClN3O2/c1-24-17-8-4-15(5-9-17)20-18(23)22-12-10-21(11-13-22)16-6-2-14(19)3-7-16/h2-9H,10-13H2,1H3,(H,20,23). The van der Waals surface area contributed by atoms with Gasteiger partial charge >= 0.3 is 6.03 Å². The minimum absolute atomic E-state index is 0.0732. The number of hydrogen-bond acceptors (Lipinski definition) is 3. The molecule has 0 radical (unpaired) electrons. The first-order valence-electron chi connectivity index (χ1n) is 7.86. The molecule has 3 rings (SSSR count). The number of methoxy groups -OCH3 is 1. The van der Waals surface area contributed by atoms with Gasteiger partial charge < -0.3 is 19.9 Å². The van der Waals surface area contributed by atoms with Gasteiger partial charge in [-0.2, -0.15) is 0 Å². The van der Waals surface area contributed by atoms with Crippen molar-refractivity contribution in [1.29, 1.82) is 0 Å². The average molecular weight is 346 g/mol. The third-order valence-corrected chi connectivity index (χ3v) is 4.35. The summed E-state index contributed by atoms with van der Waals surface area (Å²) in [6.07, 6.45) is 0. The number of piperazine rings is 1. The van der Waals surface area contributed by atoms with E-state index in [1.54, 1.807) is 7.11 Å². The maximum absolute atomic E-state index is 12.4. The molecule has 0 atom stereocenters. The topological polar surface area (TPSA) is 44.8 Å². The van der Waals surface area contributed by atoms with E-state index in [0.717, 1.165) is 35.2 Å². The Morgan fingerprint density at radius 2 is 1.62 bits per heavy atom. The Kier molecular flexibility index (Phi) is 5.11. The second-order valence-electron chi connectivity index (χ2n) is 5.61. The summed E-state index contributed by atoms with van der Waals surface area (Å²) in [5.74, 6) is 0.768. The molecule has 1 saturated heterocycles. The van der Waals surface area contributed by atoms with Crippen LogP contribution >= 0.6 is 11.6 Å². The molecule has 1 aliphatic heterocycles. The highest BCUT2D eigenvalue weighted by molar-refractivity contribution is 6.30. The molecule has 0 aromatic heterocycles. The van der Waals surface area contributed by atoms with Crippen LogP contribution in [0, 0.1) is 0 Å². The number of benzene rings is 2. The van der Waals surface area contributed by atoms with Crippen LogP contribution in [0.1, 0.15) is 0 Å². The molecule has 1 aliphatic rings. The molecule has 5 nitrogen and oxygen atoms in total. The van der Waals surface area contributed by atoms with Gasteiger partial charge in [0.1, 0.15) is 5.75 Å². The van der Waals surface area contributed by atoms with Gasteiger partial charge in [0.2, 0.25) is 0 Å². The molecule has 1 heterocycles. The molecule has 2 aromatic carbocycles. The summed E-state index contributed by atoms with van der Waals surface area (Å²) in [5, 5.41) is 3.65. The van der Waals surface area contributed by atoms with Gasteiger partial charge in [0.25, 0.3) is 0 Å². The largest absolute Gasteiger partial charge is 0.497 e. The first kappa shape index (κ1) is 16.5. The van der Waals surface area contributed by atoms with Crippen LogP contribution in [0.4, 0.5) is 16.2 Å². The minimum atomic E-state index is -0.0732. The lowest BCUT2D eigenvalue weighted by molar-refractivity contribution is 0.208. The maximum atomic E-state index is 12.4. The number of nitrogens with one attached hydrogen (secondary N) is 1. The fraction of sp³-hybridized carbons (Fsp3) is 0.278. The molecule has 0 unspecified atom stereocenters. The number of urea groups is 1. The Morgan fingerprint density at radius 1 is 1.00 bits per heavy atom. The van der Waals surface area contributed by atoms with E-state index in [2.05, 4.69) is 10.2 Å². The molecule has 1 N–H and O–H groups in total. The summed E-state index contributed by atoms with van der Waals surface area (Å²) in [6, 6.07) is 15.0. The summed E-state index contributed by atoms with van der Waals surface area (Å²) in [5.41, 5.74) is 1.90. The van der Waals surface area contributed by atoms with E-state index in [-0.39, 0.29) is 6.03 Å². The van der Waals surface area contributed by atoms with Crippen molar-refractivity contribution in [3.05, 3.63) is 53.6 Å². The highest BCUT2D eigenvalue weighted by Crippen LogP contribution is 2.20. The number of amides is 2. The van der Waals surface area contributed by atoms with Gasteiger partial charge in [0.05, 0.1) is 7.11 Å². The number of rotatable bonds is 3. The van der Waals surface area contributed by atoms with Crippen LogP contribution in [0.2, 0.25) is 5.02 Å². The van der Waals surface area contributed by atoms with E-state index in [1.165, 1.54) is 0 Å². The van der Waals surface area contributed by atoms with Crippen LogP contribution in [-0.4, -0.2) is 44.2 Å². The van der Waals surface area contributed by atoms with E-state index in [1.807, 2.05) is 53.4 Å². The molecule has 2 aromatic rings. The van der Waals surface area contributed by atoms with Crippen molar-refractivity contribution < 1.29 is 9.53 Å². The van der Waals surface area contributed by atoms with Gasteiger partial charge in [0.15, 0.2) is 0 Å². The molecule has 2 amide bonds. The zero-order valence-corrected chi connectivity index (χ0v) is 14.3. The zero-order valence-electron chi connectivity index (χ0n) is 13.5. The Balaban J connectivity index is 1.53. The lowest BCUT2D eigenvalue weighted by Crippen LogP contribution is -2.50. The predicted molar refractivity (Wildman–Crippen MR) is 97.3 cm³/mol. The van der Waals surface area contributed by atoms with Crippen LogP contribution < -0.4 is 15.0 Å². The average Bonchev–Trinajstić information content (AvgIpc) is 2.63. The first-order chi connectivity index (χ1) is 11.7. The van der Waals surface area contributed by atoms with Crippen LogP contribution in [0.5, 0.6) is 5.75 Å². The van der Waals surface area contributed by atoms with Crippen molar-refractivity contribution in [1.82, 2.24) is 4.90 Å². The van der Waals surface area contributed by atoms with Crippen molar-refractivity contribution in [2.75, 3.05) is 43.5 Å². The van der Waals surface area contributed by atoms with E-state index >= 15 is 0 Å². The number of nitrogens with zero attached hydrogens (tertiary/aromatic N) is 2.